The number of hydrogen-bond acceptors (Lipinski definition) is 5. The van der Waals surface area contributed by atoms with Crippen LogP contribution in [-0.2, 0) is 4.79 Å². The molecule has 7 heteroatoms. The number of piperazine rings is 1. The molecule has 2 aromatic rings. The molecule has 164 valence electrons. The van der Waals surface area contributed by atoms with Crippen LogP contribution in [0.3, 0.4) is 0 Å². The second-order valence-corrected chi connectivity index (χ2v) is 8.68. The maximum absolute atomic E-state index is 13.2. The molecule has 1 aromatic carbocycles. The predicted molar refractivity (Wildman–Crippen MR) is 120 cm³/mol. The van der Waals surface area contributed by atoms with Gasteiger partial charge in [0.25, 0.3) is 5.91 Å². The lowest BCUT2D eigenvalue weighted by molar-refractivity contribution is -0.137. The van der Waals surface area contributed by atoms with Crippen LogP contribution < -0.4 is 4.90 Å². The predicted octanol–water partition coefficient (Wildman–Crippen LogP) is 2.60. The van der Waals surface area contributed by atoms with Gasteiger partial charge in [-0.05, 0) is 45.7 Å². The first kappa shape index (κ1) is 21.3. The van der Waals surface area contributed by atoms with E-state index in [-0.39, 0.29) is 17.7 Å². The second-order valence-electron chi connectivity index (χ2n) is 8.68. The summed E-state index contributed by atoms with van der Waals surface area (Å²) < 4.78 is 0. The van der Waals surface area contributed by atoms with Crippen molar-refractivity contribution in [2.24, 2.45) is 5.92 Å². The normalized spacial score (nSPS) is 19.5. The van der Waals surface area contributed by atoms with Gasteiger partial charge in [0.1, 0.15) is 11.6 Å². The molecule has 2 saturated heterocycles. The van der Waals surface area contributed by atoms with Crippen LogP contribution in [0.2, 0.25) is 0 Å². The molecule has 0 aliphatic carbocycles. The molecule has 1 aromatic heterocycles. The average molecular weight is 422 g/mol. The van der Waals surface area contributed by atoms with E-state index in [1.165, 1.54) is 0 Å². The molecule has 2 amide bonds. The van der Waals surface area contributed by atoms with Crippen LogP contribution >= 0.6 is 0 Å². The van der Waals surface area contributed by atoms with Crippen LogP contribution in [0.1, 0.15) is 40.3 Å². The lowest BCUT2D eigenvalue weighted by Gasteiger charge is -2.39. The van der Waals surface area contributed by atoms with Gasteiger partial charge in [0, 0.05) is 56.6 Å². The van der Waals surface area contributed by atoms with E-state index in [0.29, 0.717) is 25.2 Å². The van der Waals surface area contributed by atoms with Crippen molar-refractivity contribution in [3.05, 3.63) is 53.0 Å². The topological polar surface area (TPSA) is 69.6 Å². The highest BCUT2D eigenvalue weighted by molar-refractivity contribution is 5.94. The standard InChI is InChI=1S/C24H31N5O2/c1-17-6-8-20(9-7-17)23(30)29-10-4-5-21(16-29)24(31)28-13-11-27(12-14-28)22-15-18(2)25-19(3)26-22/h6-9,15,21H,4-5,10-14,16H2,1-3H3. The van der Waals surface area contributed by atoms with Crippen molar-refractivity contribution < 1.29 is 9.59 Å². The minimum atomic E-state index is -0.113. The number of aromatic nitrogens is 2. The van der Waals surface area contributed by atoms with Gasteiger partial charge in [0.05, 0.1) is 5.92 Å². The lowest BCUT2D eigenvalue weighted by atomic mass is 9.95. The van der Waals surface area contributed by atoms with Gasteiger partial charge in [-0.2, -0.15) is 0 Å². The van der Waals surface area contributed by atoms with E-state index in [9.17, 15) is 9.59 Å². The molecule has 2 aliphatic rings. The number of carbonyl (C=O) groups is 2. The van der Waals surface area contributed by atoms with Gasteiger partial charge in [-0.15, -0.1) is 0 Å². The van der Waals surface area contributed by atoms with Crippen molar-refractivity contribution in [1.82, 2.24) is 19.8 Å². The summed E-state index contributed by atoms with van der Waals surface area (Å²) in [5.74, 6) is 1.80. The molecule has 1 unspecified atom stereocenters. The second kappa shape index (κ2) is 9.04. The van der Waals surface area contributed by atoms with Crippen molar-refractivity contribution in [3.63, 3.8) is 0 Å². The minimum absolute atomic E-state index is 0.0248. The van der Waals surface area contributed by atoms with Gasteiger partial charge >= 0.3 is 0 Å². The van der Waals surface area contributed by atoms with Crippen LogP contribution in [0, 0.1) is 26.7 Å². The van der Waals surface area contributed by atoms with Gasteiger partial charge in [-0.3, -0.25) is 9.59 Å². The highest BCUT2D eigenvalue weighted by Gasteiger charge is 2.33. The summed E-state index contributed by atoms with van der Waals surface area (Å²) in [4.78, 5) is 41.0. The quantitative estimate of drug-likeness (QED) is 0.762. The SMILES string of the molecule is Cc1ccc(C(=O)N2CCCC(C(=O)N3CCN(c4cc(C)nc(C)n4)CC3)C2)cc1. The third-order valence-electron chi connectivity index (χ3n) is 6.22. The van der Waals surface area contributed by atoms with Gasteiger partial charge in [-0.25, -0.2) is 9.97 Å². The molecular formula is C24H31N5O2. The summed E-state index contributed by atoms with van der Waals surface area (Å²) in [5, 5.41) is 0. The fraction of sp³-hybridized carbons (Fsp3) is 0.500. The molecule has 0 N–H and O–H groups in total. The van der Waals surface area contributed by atoms with Crippen molar-refractivity contribution in [3.8, 4) is 0 Å². The number of anilines is 1. The van der Waals surface area contributed by atoms with E-state index in [1.807, 2.05) is 60.9 Å². The molecule has 4 rings (SSSR count). The smallest absolute Gasteiger partial charge is 0.253 e. The Balaban J connectivity index is 1.35. The number of nitrogens with zero attached hydrogens (tertiary/aromatic N) is 5. The maximum Gasteiger partial charge on any atom is 0.253 e. The number of rotatable bonds is 3. The van der Waals surface area contributed by atoms with Gasteiger partial charge in [-0.1, -0.05) is 17.7 Å². The molecule has 31 heavy (non-hydrogen) atoms. The van der Waals surface area contributed by atoms with Crippen LogP contribution in [0.15, 0.2) is 30.3 Å². The molecule has 2 aliphatic heterocycles. The zero-order chi connectivity index (χ0) is 22.0. The van der Waals surface area contributed by atoms with Crippen molar-refractivity contribution in [2.75, 3.05) is 44.2 Å². The summed E-state index contributed by atoms with van der Waals surface area (Å²) in [5.41, 5.74) is 2.79. The molecule has 1 atom stereocenters. The number of carbonyl (C=O) groups excluding carboxylic acids is 2. The lowest BCUT2D eigenvalue weighted by Crippen LogP contribution is -2.53. The van der Waals surface area contributed by atoms with Crippen LogP contribution in [0.4, 0.5) is 5.82 Å². The van der Waals surface area contributed by atoms with E-state index < -0.39 is 0 Å². The first-order valence-corrected chi connectivity index (χ1v) is 11.1. The van der Waals surface area contributed by atoms with Gasteiger partial charge in [0.15, 0.2) is 0 Å². The molecule has 0 bridgehead atoms. The van der Waals surface area contributed by atoms with Crippen LogP contribution in [0.25, 0.3) is 0 Å². The Labute approximate surface area is 184 Å². The zero-order valence-electron chi connectivity index (χ0n) is 18.7. The Hall–Kier alpha value is -2.96. The van der Waals surface area contributed by atoms with Crippen molar-refractivity contribution in [1.29, 1.82) is 0 Å². The number of amides is 2. The van der Waals surface area contributed by atoms with E-state index in [1.54, 1.807) is 0 Å². The third-order valence-corrected chi connectivity index (χ3v) is 6.22. The Bertz CT molecular complexity index is 931. The monoisotopic (exact) mass is 421 g/mol. The summed E-state index contributed by atoms with van der Waals surface area (Å²) in [6.45, 7) is 10.0. The van der Waals surface area contributed by atoms with Gasteiger partial charge < -0.3 is 14.7 Å². The highest BCUT2D eigenvalue weighted by atomic mass is 16.2. The van der Waals surface area contributed by atoms with Gasteiger partial charge in [0.2, 0.25) is 5.91 Å². The van der Waals surface area contributed by atoms with Crippen molar-refractivity contribution in [2.45, 2.75) is 33.6 Å². The van der Waals surface area contributed by atoms with E-state index in [4.69, 9.17) is 0 Å². The molecule has 2 fully saturated rings. The number of benzene rings is 1. The number of likely N-dealkylation sites (tertiary alicyclic amines) is 1. The first-order chi connectivity index (χ1) is 14.9. The summed E-state index contributed by atoms with van der Waals surface area (Å²) >= 11 is 0. The highest BCUT2D eigenvalue weighted by Crippen LogP contribution is 2.23. The van der Waals surface area contributed by atoms with Crippen LogP contribution in [0.5, 0.6) is 0 Å². The largest absolute Gasteiger partial charge is 0.353 e. The Kier molecular flexibility index (Phi) is 6.20. The number of aryl methyl sites for hydroxylation is 3. The number of hydrogen-bond donors (Lipinski definition) is 0. The van der Waals surface area contributed by atoms with E-state index >= 15 is 0 Å². The molecular weight excluding hydrogens is 390 g/mol. The number of piperidine rings is 1. The first-order valence-electron chi connectivity index (χ1n) is 11.1. The minimum Gasteiger partial charge on any atom is -0.353 e. The zero-order valence-corrected chi connectivity index (χ0v) is 18.7. The molecule has 0 saturated carbocycles. The van der Waals surface area contributed by atoms with Crippen LogP contribution in [-0.4, -0.2) is 70.9 Å². The average Bonchev–Trinajstić information content (AvgIpc) is 2.78. The third kappa shape index (κ3) is 4.86. The molecule has 3 heterocycles. The fourth-order valence-electron chi connectivity index (χ4n) is 4.52. The Morgan fingerprint density at radius 2 is 1.61 bits per heavy atom. The summed E-state index contributed by atoms with van der Waals surface area (Å²) in [6, 6.07) is 9.66. The fourth-order valence-corrected chi connectivity index (χ4v) is 4.52. The van der Waals surface area contributed by atoms with Crippen molar-refractivity contribution >= 4 is 17.6 Å². The molecule has 0 radical (unpaired) electrons. The molecule has 0 spiro atoms. The van der Waals surface area contributed by atoms with E-state index in [0.717, 1.165) is 55.4 Å². The Morgan fingerprint density at radius 3 is 2.29 bits per heavy atom. The van der Waals surface area contributed by atoms with E-state index in [2.05, 4.69) is 14.9 Å². The summed E-state index contributed by atoms with van der Waals surface area (Å²) in [6.07, 6.45) is 1.72. The summed E-state index contributed by atoms with van der Waals surface area (Å²) in [7, 11) is 0. The molecule has 7 nitrogen and oxygen atoms in total. The Morgan fingerprint density at radius 1 is 0.903 bits per heavy atom. The maximum atomic E-state index is 13.2.